The van der Waals surface area contributed by atoms with Crippen LogP contribution in [0, 0.1) is 6.92 Å². The zero-order valence-electron chi connectivity index (χ0n) is 18.6. The number of nitrogens with zero attached hydrogens (tertiary/aromatic N) is 5. The Morgan fingerprint density at radius 2 is 1.58 bits per heavy atom. The van der Waals surface area contributed by atoms with E-state index in [-0.39, 0.29) is 11.1 Å². The Labute approximate surface area is 188 Å². The van der Waals surface area contributed by atoms with Gasteiger partial charge in [-0.15, -0.1) is 10.2 Å². The summed E-state index contributed by atoms with van der Waals surface area (Å²) >= 11 is 0. The van der Waals surface area contributed by atoms with Crippen LogP contribution in [0.15, 0.2) is 59.5 Å². The molecule has 0 spiro atoms. The summed E-state index contributed by atoms with van der Waals surface area (Å²) in [7, 11) is 4.74. The second-order valence-electron chi connectivity index (χ2n) is 7.39. The van der Waals surface area contributed by atoms with Gasteiger partial charge < -0.3 is 14.2 Å². The second-order valence-corrected chi connectivity index (χ2v) is 7.39. The highest BCUT2D eigenvalue weighted by Crippen LogP contribution is 2.30. The number of aromatic nitrogens is 5. The van der Waals surface area contributed by atoms with Crippen molar-refractivity contribution in [3.05, 3.63) is 70.8 Å². The molecule has 3 heterocycles. The Balaban J connectivity index is 1.72. The highest BCUT2D eigenvalue weighted by molar-refractivity contribution is 5.84. The molecule has 0 bridgehead atoms. The summed E-state index contributed by atoms with van der Waals surface area (Å²) in [6, 6.07) is 14.7. The Kier molecular flexibility index (Phi) is 4.93. The summed E-state index contributed by atoms with van der Waals surface area (Å²) in [6.45, 7) is 1.91. The van der Waals surface area contributed by atoms with Crippen LogP contribution in [0.1, 0.15) is 5.69 Å². The van der Waals surface area contributed by atoms with Crippen LogP contribution in [0.3, 0.4) is 0 Å². The van der Waals surface area contributed by atoms with Crippen LogP contribution in [-0.4, -0.2) is 45.7 Å². The monoisotopic (exact) mass is 443 g/mol. The third-order valence-electron chi connectivity index (χ3n) is 5.58. The average Bonchev–Trinajstić information content (AvgIpc) is 3.20. The molecule has 33 heavy (non-hydrogen) atoms. The van der Waals surface area contributed by atoms with Crippen LogP contribution in [0.4, 0.5) is 0 Å². The molecule has 0 aliphatic rings. The summed E-state index contributed by atoms with van der Waals surface area (Å²) < 4.78 is 19.1. The van der Waals surface area contributed by atoms with Crippen molar-refractivity contribution in [2.75, 3.05) is 21.3 Å². The maximum atomic E-state index is 13.4. The normalized spacial score (nSPS) is 11.2. The first-order valence-electron chi connectivity index (χ1n) is 10.2. The van der Waals surface area contributed by atoms with E-state index in [1.807, 2.05) is 31.2 Å². The van der Waals surface area contributed by atoms with Gasteiger partial charge in [0.25, 0.3) is 5.56 Å². The van der Waals surface area contributed by atoms with Gasteiger partial charge in [-0.1, -0.05) is 12.1 Å². The summed E-state index contributed by atoms with van der Waals surface area (Å²) in [5.74, 6) is 1.90. The lowest BCUT2D eigenvalue weighted by molar-refractivity contribution is 0.401. The Bertz CT molecular complexity index is 1550. The number of pyridine rings is 1. The molecule has 0 aliphatic carbocycles. The van der Waals surface area contributed by atoms with Crippen molar-refractivity contribution in [2.24, 2.45) is 0 Å². The van der Waals surface area contributed by atoms with Gasteiger partial charge in [-0.3, -0.25) is 9.36 Å². The predicted octanol–water partition coefficient (Wildman–Crippen LogP) is 3.43. The van der Waals surface area contributed by atoms with Crippen molar-refractivity contribution in [2.45, 2.75) is 6.92 Å². The largest absolute Gasteiger partial charge is 0.497 e. The first-order chi connectivity index (χ1) is 16.0. The van der Waals surface area contributed by atoms with Crippen LogP contribution in [0.2, 0.25) is 0 Å². The van der Waals surface area contributed by atoms with Crippen molar-refractivity contribution in [3.8, 4) is 34.1 Å². The first kappa shape index (κ1) is 20.5. The molecule has 0 amide bonds. The van der Waals surface area contributed by atoms with Crippen molar-refractivity contribution in [1.82, 2.24) is 24.4 Å². The fourth-order valence-corrected chi connectivity index (χ4v) is 3.92. The van der Waals surface area contributed by atoms with E-state index in [2.05, 4.69) is 15.3 Å². The van der Waals surface area contributed by atoms with Gasteiger partial charge in [0.2, 0.25) is 0 Å². The molecule has 0 fully saturated rings. The molecule has 0 N–H and O–H groups in total. The summed E-state index contributed by atoms with van der Waals surface area (Å²) in [4.78, 5) is 13.4. The Hall–Kier alpha value is -4.40. The standard InChI is InChI=1S/C24H21N5O4/c1-14-21(15-5-7-16(31-2)8-6-15)23-26-25-22-18(29(23)27-14)11-12-28(24(22)30)19-13-17(32-3)9-10-20(19)33-4/h5-13H,1-4H3. The molecule has 0 aliphatic heterocycles. The zero-order chi connectivity index (χ0) is 23.1. The Morgan fingerprint density at radius 1 is 0.848 bits per heavy atom. The topological polar surface area (TPSA) is 92.8 Å². The van der Waals surface area contributed by atoms with Gasteiger partial charge in [0.1, 0.15) is 22.8 Å². The molecule has 0 atom stereocenters. The highest BCUT2D eigenvalue weighted by atomic mass is 16.5. The number of hydrogen-bond donors (Lipinski definition) is 0. The van der Waals surface area contributed by atoms with E-state index in [1.54, 1.807) is 56.3 Å². The molecule has 9 heteroatoms. The van der Waals surface area contributed by atoms with E-state index >= 15 is 0 Å². The third kappa shape index (κ3) is 3.25. The van der Waals surface area contributed by atoms with Gasteiger partial charge in [-0.25, -0.2) is 4.52 Å². The van der Waals surface area contributed by atoms with E-state index in [0.29, 0.717) is 28.4 Å². The first-order valence-corrected chi connectivity index (χ1v) is 10.2. The van der Waals surface area contributed by atoms with Gasteiger partial charge in [-0.2, -0.15) is 5.10 Å². The quantitative estimate of drug-likeness (QED) is 0.411. The number of ether oxygens (including phenoxy) is 3. The number of hydrogen-bond acceptors (Lipinski definition) is 7. The van der Waals surface area contributed by atoms with E-state index in [9.17, 15) is 4.79 Å². The van der Waals surface area contributed by atoms with Gasteiger partial charge in [0, 0.05) is 12.3 Å². The number of benzene rings is 2. The van der Waals surface area contributed by atoms with E-state index in [4.69, 9.17) is 14.2 Å². The van der Waals surface area contributed by atoms with Crippen molar-refractivity contribution in [1.29, 1.82) is 0 Å². The smallest absolute Gasteiger partial charge is 0.285 e. The van der Waals surface area contributed by atoms with Crippen molar-refractivity contribution >= 4 is 16.7 Å². The second kappa shape index (κ2) is 7.94. The van der Waals surface area contributed by atoms with Gasteiger partial charge in [-0.05, 0) is 42.8 Å². The molecule has 0 unspecified atom stereocenters. The maximum Gasteiger partial charge on any atom is 0.285 e. The Morgan fingerprint density at radius 3 is 2.27 bits per heavy atom. The van der Waals surface area contributed by atoms with E-state index in [1.165, 1.54) is 4.57 Å². The molecule has 5 rings (SSSR count). The van der Waals surface area contributed by atoms with Crippen LogP contribution in [0.5, 0.6) is 17.2 Å². The summed E-state index contributed by atoms with van der Waals surface area (Å²) in [6.07, 6.45) is 1.67. The molecular formula is C24H21N5O4. The molecule has 0 saturated carbocycles. The SMILES string of the molecule is COc1ccc(-c2c(C)nn3c2nnc2c(=O)n(-c4cc(OC)ccc4OC)ccc23)cc1. The minimum Gasteiger partial charge on any atom is -0.497 e. The fraction of sp³-hybridized carbons (Fsp3) is 0.167. The lowest BCUT2D eigenvalue weighted by Gasteiger charge is -2.13. The predicted molar refractivity (Wildman–Crippen MR) is 124 cm³/mol. The minimum absolute atomic E-state index is 0.193. The van der Waals surface area contributed by atoms with Crippen LogP contribution < -0.4 is 19.8 Å². The molecule has 5 aromatic rings. The summed E-state index contributed by atoms with van der Waals surface area (Å²) in [5, 5.41) is 13.3. The molecule has 2 aromatic carbocycles. The number of fused-ring (bicyclic) bond motifs is 3. The summed E-state index contributed by atoms with van der Waals surface area (Å²) in [5.41, 5.74) is 4.09. The van der Waals surface area contributed by atoms with Crippen LogP contribution in [-0.2, 0) is 0 Å². The molecule has 166 valence electrons. The van der Waals surface area contributed by atoms with Gasteiger partial charge >= 0.3 is 0 Å². The molecule has 3 aromatic heterocycles. The number of rotatable bonds is 5. The molecule has 0 radical (unpaired) electrons. The molecule has 0 saturated heterocycles. The van der Waals surface area contributed by atoms with Crippen LogP contribution >= 0.6 is 0 Å². The number of aryl methyl sites for hydroxylation is 1. The van der Waals surface area contributed by atoms with Crippen molar-refractivity contribution < 1.29 is 14.2 Å². The van der Waals surface area contributed by atoms with Crippen LogP contribution in [0.25, 0.3) is 33.5 Å². The van der Waals surface area contributed by atoms with Gasteiger partial charge in [0.05, 0.1) is 38.3 Å². The van der Waals surface area contributed by atoms with Gasteiger partial charge in [0.15, 0.2) is 11.2 Å². The lowest BCUT2D eigenvalue weighted by Crippen LogP contribution is -2.20. The third-order valence-corrected chi connectivity index (χ3v) is 5.58. The van der Waals surface area contributed by atoms with E-state index in [0.717, 1.165) is 22.6 Å². The fourth-order valence-electron chi connectivity index (χ4n) is 3.92. The highest BCUT2D eigenvalue weighted by Gasteiger charge is 2.19. The molecular weight excluding hydrogens is 422 g/mol. The van der Waals surface area contributed by atoms with E-state index < -0.39 is 0 Å². The minimum atomic E-state index is -0.340. The number of methoxy groups -OCH3 is 3. The average molecular weight is 443 g/mol. The zero-order valence-corrected chi connectivity index (χ0v) is 18.6. The molecule has 9 nitrogen and oxygen atoms in total. The van der Waals surface area contributed by atoms with Crippen molar-refractivity contribution in [3.63, 3.8) is 0 Å². The lowest BCUT2D eigenvalue weighted by atomic mass is 10.1. The maximum absolute atomic E-state index is 13.4.